The number of esters is 1. The van der Waals surface area contributed by atoms with Gasteiger partial charge in [-0.05, 0) is 26.3 Å². The minimum Gasteiger partial charge on any atom is -0.458 e. The molecular weight excluding hydrogens is 358 g/mol. The first kappa shape index (κ1) is 19.1. The standard InChI is InChI=1S/C26H27NO2/c1-26(2,3)29-25(28)23(19-20-13-7-4-8-14-20)27-24(21-15-9-5-10-16-21)22-17-11-6-12-18-22/h4-18,23H,19H2,1-3H3/t23-/m0/s1/i23D. The number of carbonyl (C=O) groups excluding carboxylic acids is 1. The lowest BCUT2D eigenvalue weighted by Gasteiger charge is -2.23. The number of hydrogen-bond acceptors (Lipinski definition) is 3. The van der Waals surface area contributed by atoms with Crippen molar-refractivity contribution in [2.45, 2.75) is 38.8 Å². The van der Waals surface area contributed by atoms with Crippen molar-refractivity contribution in [1.82, 2.24) is 0 Å². The van der Waals surface area contributed by atoms with Crippen molar-refractivity contribution >= 4 is 11.7 Å². The van der Waals surface area contributed by atoms with Crippen molar-refractivity contribution in [1.29, 1.82) is 0 Å². The van der Waals surface area contributed by atoms with E-state index in [0.29, 0.717) is 5.71 Å². The average molecular weight is 387 g/mol. The van der Waals surface area contributed by atoms with Gasteiger partial charge in [0.25, 0.3) is 0 Å². The van der Waals surface area contributed by atoms with Gasteiger partial charge in [0.1, 0.15) is 5.60 Å². The molecule has 3 aromatic rings. The van der Waals surface area contributed by atoms with E-state index in [1.165, 1.54) is 0 Å². The molecule has 0 aliphatic carbocycles. The zero-order chi connectivity index (χ0) is 21.6. The molecule has 3 nitrogen and oxygen atoms in total. The molecule has 0 radical (unpaired) electrons. The third-order valence-electron chi connectivity index (χ3n) is 4.19. The molecule has 0 aliphatic rings. The number of hydrogen-bond donors (Lipinski definition) is 0. The van der Waals surface area contributed by atoms with E-state index in [9.17, 15) is 4.79 Å². The van der Waals surface area contributed by atoms with Crippen molar-refractivity contribution in [3.8, 4) is 0 Å². The van der Waals surface area contributed by atoms with Crippen molar-refractivity contribution < 1.29 is 10.9 Å². The van der Waals surface area contributed by atoms with Gasteiger partial charge in [0, 0.05) is 17.5 Å². The highest BCUT2D eigenvalue weighted by Gasteiger charge is 2.26. The van der Waals surface area contributed by atoms with Crippen molar-refractivity contribution in [3.63, 3.8) is 0 Å². The van der Waals surface area contributed by atoms with Crippen LogP contribution in [0.2, 0.25) is 0 Å². The van der Waals surface area contributed by atoms with Crippen molar-refractivity contribution in [2.75, 3.05) is 0 Å². The van der Waals surface area contributed by atoms with E-state index in [1.807, 2.05) is 91.0 Å². The first-order valence-corrected chi connectivity index (χ1v) is 9.75. The summed E-state index contributed by atoms with van der Waals surface area (Å²) >= 11 is 0. The summed E-state index contributed by atoms with van der Waals surface area (Å²) in [5, 5.41) is 0. The van der Waals surface area contributed by atoms with Gasteiger partial charge in [-0.1, -0.05) is 91.0 Å². The van der Waals surface area contributed by atoms with Crippen LogP contribution >= 0.6 is 0 Å². The van der Waals surface area contributed by atoms with Gasteiger partial charge in [-0.3, -0.25) is 4.99 Å². The Morgan fingerprint density at radius 2 is 1.31 bits per heavy atom. The minimum atomic E-state index is -1.82. The van der Waals surface area contributed by atoms with Crippen LogP contribution in [0.25, 0.3) is 0 Å². The molecular formula is C26H27NO2. The van der Waals surface area contributed by atoms with Crippen LogP contribution in [-0.4, -0.2) is 23.3 Å². The Balaban J connectivity index is 2.14. The largest absolute Gasteiger partial charge is 0.458 e. The van der Waals surface area contributed by atoms with Crippen LogP contribution in [0.1, 0.15) is 38.8 Å². The van der Waals surface area contributed by atoms with E-state index in [4.69, 9.17) is 11.1 Å². The highest BCUT2D eigenvalue weighted by molar-refractivity contribution is 6.13. The molecule has 0 saturated carbocycles. The second-order valence-corrected chi connectivity index (χ2v) is 7.80. The number of benzene rings is 3. The molecule has 3 aromatic carbocycles. The SMILES string of the molecule is [2H][C@@](Cc1ccccc1)(N=C(c1ccccc1)c1ccccc1)C(=O)OC(C)(C)C. The monoisotopic (exact) mass is 386 g/mol. The third-order valence-corrected chi connectivity index (χ3v) is 4.19. The normalized spacial score (nSPS) is 13.7. The summed E-state index contributed by atoms with van der Waals surface area (Å²) in [6.07, 6.45) is 0.117. The molecule has 29 heavy (non-hydrogen) atoms. The fourth-order valence-electron chi connectivity index (χ4n) is 2.91. The summed E-state index contributed by atoms with van der Waals surface area (Å²) in [5.74, 6) is -0.664. The number of carbonyl (C=O) groups is 1. The molecule has 0 unspecified atom stereocenters. The predicted molar refractivity (Wildman–Crippen MR) is 118 cm³/mol. The van der Waals surface area contributed by atoms with Crippen LogP contribution in [0.3, 0.4) is 0 Å². The maximum atomic E-state index is 13.2. The van der Waals surface area contributed by atoms with Gasteiger partial charge in [0.15, 0.2) is 6.02 Å². The fourth-order valence-corrected chi connectivity index (χ4v) is 2.91. The molecule has 148 valence electrons. The quantitative estimate of drug-likeness (QED) is 0.416. The first-order chi connectivity index (χ1) is 14.3. The summed E-state index contributed by atoms with van der Waals surface area (Å²) in [4.78, 5) is 17.9. The molecule has 0 aromatic heterocycles. The second kappa shape index (κ2) is 9.33. The fraction of sp³-hybridized carbons (Fsp3) is 0.231. The minimum absolute atomic E-state index is 0.117. The number of nitrogens with zero attached hydrogens (tertiary/aromatic N) is 1. The van der Waals surface area contributed by atoms with Crippen LogP contribution in [0.4, 0.5) is 0 Å². The lowest BCUT2D eigenvalue weighted by molar-refractivity contribution is -0.156. The molecule has 0 spiro atoms. The predicted octanol–water partition coefficient (Wildman–Crippen LogP) is 5.48. The van der Waals surface area contributed by atoms with Gasteiger partial charge in [-0.2, -0.15) is 0 Å². The van der Waals surface area contributed by atoms with E-state index in [0.717, 1.165) is 16.7 Å². The highest BCUT2D eigenvalue weighted by Crippen LogP contribution is 2.18. The lowest BCUT2D eigenvalue weighted by Crippen LogP contribution is -2.33. The van der Waals surface area contributed by atoms with E-state index in [-0.39, 0.29) is 6.42 Å². The first-order valence-electron chi connectivity index (χ1n) is 10.2. The van der Waals surface area contributed by atoms with Gasteiger partial charge in [-0.25, -0.2) is 4.79 Å². The van der Waals surface area contributed by atoms with Crippen molar-refractivity contribution in [3.05, 3.63) is 108 Å². The summed E-state index contributed by atoms with van der Waals surface area (Å²) in [6, 6.07) is 26.9. The number of ether oxygens (including phenoxy) is 1. The van der Waals surface area contributed by atoms with Gasteiger partial charge in [-0.15, -0.1) is 0 Å². The van der Waals surface area contributed by atoms with Crippen LogP contribution in [-0.2, 0) is 16.0 Å². The Hall–Kier alpha value is -3.20. The van der Waals surface area contributed by atoms with Crippen LogP contribution in [0.5, 0.6) is 0 Å². The molecule has 0 amide bonds. The lowest BCUT2D eigenvalue weighted by atomic mass is 10.0. The molecule has 0 fully saturated rings. The Bertz CT molecular complexity index is 954. The van der Waals surface area contributed by atoms with Gasteiger partial charge < -0.3 is 4.74 Å². The molecule has 1 atom stereocenters. The Labute approximate surface area is 174 Å². The van der Waals surface area contributed by atoms with Crippen LogP contribution in [0.15, 0.2) is 96.0 Å². The third kappa shape index (κ3) is 6.15. The molecule has 0 saturated heterocycles. The second-order valence-electron chi connectivity index (χ2n) is 7.80. The Morgan fingerprint density at radius 1 is 0.862 bits per heavy atom. The highest BCUT2D eigenvalue weighted by atomic mass is 16.6. The van der Waals surface area contributed by atoms with Crippen LogP contribution < -0.4 is 0 Å². The maximum Gasteiger partial charge on any atom is 0.331 e. The van der Waals surface area contributed by atoms with Gasteiger partial charge in [0.2, 0.25) is 0 Å². The van der Waals surface area contributed by atoms with E-state index < -0.39 is 17.6 Å². The number of aliphatic imine (C=N–C) groups is 1. The van der Waals surface area contributed by atoms with E-state index in [2.05, 4.69) is 0 Å². The van der Waals surface area contributed by atoms with E-state index in [1.54, 1.807) is 20.8 Å². The molecule has 0 heterocycles. The molecule has 0 aliphatic heterocycles. The molecule has 3 rings (SSSR count). The summed E-state index contributed by atoms with van der Waals surface area (Å²) in [7, 11) is 0. The summed E-state index contributed by atoms with van der Waals surface area (Å²) in [6.45, 7) is 5.40. The zero-order valence-corrected chi connectivity index (χ0v) is 17.1. The summed E-state index contributed by atoms with van der Waals surface area (Å²) in [5.41, 5.74) is 2.42. The molecule has 3 heteroatoms. The molecule has 0 N–H and O–H groups in total. The van der Waals surface area contributed by atoms with Gasteiger partial charge in [0.05, 0.1) is 7.08 Å². The number of rotatable bonds is 6. The summed E-state index contributed by atoms with van der Waals surface area (Å²) < 4.78 is 14.7. The topological polar surface area (TPSA) is 38.7 Å². The molecule has 0 bridgehead atoms. The van der Waals surface area contributed by atoms with Crippen molar-refractivity contribution in [2.24, 2.45) is 4.99 Å². The smallest absolute Gasteiger partial charge is 0.331 e. The average Bonchev–Trinajstić information content (AvgIpc) is 2.73. The Kier molecular flexibility index (Phi) is 6.16. The Morgan fingerprint density at radius 3 is 1.76 bits per heavy atom. The van der Waals surface area contributed by atoms with Gasteiger partial charge >= 0.3 is 5.97 Å². The van der Waals surface area contributed by atoms with E-state index >= 15 is 0 Å². The maximum absolute atomic E-state index is 13.2. The van der Waals surface area contributed by atoms with Crippen LogP contribution in [0, 0.1) is 0 Å². The zero-order valence-electron chi connectivity index (χ0n) is 18.1.